The quantitative estimate of drug-likeness (QED) is 0.156. The van der Waals surface area contributed by atoms with Crippen LogP contribution in [0.25, 0.3) is 67.3 Å². The van der Waals surface area contributed by atoms with Crippen LogP contribution in [0, 0.1) is 24.3 Å². The molecule has 0 saturated carbocycles. The first kappa shape index (κ1) is 50.1. The van der Waals surface area contributed by atoms with Crippen LogP contribution in [0.5, 0.6) is 0 Å². The summed E-state index contributed by atoms with van der Waals surface area (Å²) in [6.45, 7) is 0. The van der Waals surface area contributed by atoms with Gasteiger partial charge in [-0.15, -0.1) is 144 Å². The number of nitrogens with zero attached hydrogens (tertiary/aromatic N) is 4. The van der Waals surface area contributed by atoms with E-state index in [1.54, 1.807) is 12.4 Å². The van der Waals surface area contributed by atoms with Gasteiger partial charge in [-0.25, -0.2) is 0 Å². The van der Waals surface area contributed by atoms with Crippen molar-refractivity contribution in [2.24, 2.45) is 0 Å². The van der Waals surface area contributed by atoms with E-state index in [0.29, 0.717) is 0 Å². The SMILES string of the molecule is [Ir].[Ir].[c-]1ccccc1-c1ccc(-c2ccc3c(c2)CCC3)cn1.[c-]1ccccc1-c1ccc(-c2ccc3c(c2)CCCC3)cn1.[c-]1ccccc1-c1ccccn1.[c-]1ccccc1-c1ccccn1. The Kier molecular flexibility index (Phi) is 19.0. The number of pyridine rings is 4. The standard InChI is InChI=1S/C21H18N.C20H16N.2C11H8N.2Ir/c1-2-7-17(8-3-1)21-13-12-20(15-22-21)19-11-10-16-6-4-5-9-18(16)14-19;1-2-5-16(6-3-1)20-12-11-19(14-21-20)18-10-9-15-7-4-8-17(15)13-18;2*1-2-6-10(7-3-1)11-8-4-5-9-12-11;;/h1-3,7,10-15H,4-6,9H2;1-3,5,9-14H,4,7-8H2;2*1-6,8-9H;;/q4*-1;;. The van der Waals surface area contributed by atoms with E-state index in [4.69, 9.17) is 0 Å². The average molecular weight is 1250 g/mol. The van der Waals surface area contributed by atoms with Crippen LogP contribution in [0.1, 0.15) is 41.5 Å². The molecule has 4 nitrogen and oxygen atoms in total. The Morgan fingerprint density at radius 3 is 0.986 bits per heavy atom. The molecule has 0 N–H and O–H groups in total. The Balaban J connectivity index is 0.000000140. The van der Waals surface area contributed by atoms with Crippen molar-refractivity contribution in [1.29, 1.82) is 0 Å². The number of rotatable bonds is 6. The normalized spacial score (nSPS) is 11.7. The number of fused-ring (bicyclic) bond motifs is 2. The topological polar surface area (TPSA) is 51.6 Å². The zero-order valence-electron chi connectivity index (χ0n) is 38.2. The van der Waals surface area contributed by atoms with Crippen LogP contribution in [0.4, 0.5) is 0 Å². The van der Waals surface area contributed by atoms with Gasteiger partial charge >= 0.3 is 0 Å². The summed E-state index contributed by atoms with van der Waals surface area (Å²) >= 11 is 0. The fourth-order valence-electron chi connectivity index (χ4n) is 8.37. The second-order valence-corrected chi connectivity index (χ2v) is 16.4. The maximum atomic E-state index is 4.61. The summed E-state index contributed by atoms with van der Waals surface area (Å²) in [5.41, 5.74) is 19.0. The largest absolute Gasteiger partial charge is 0.305 e. The third kappa shape index (κ3) is 13.9. The fourth-order valence-corrected chi connectivity index (χ4v) is 8.37. The molecule has 4 heterocycles. The van der Waals surface area contributed by atoms with Crippen LogP contribution in [0.2, 0.25) is 0 Å². The van der Waals surface area contributed by atoms with E-state index in [0.717, 1.165) is 45.0 Å². The van der Waals surface area contributed by atoms with Gasteiger partial charge in [-0.1, -0.05) is 84.9 Å². The molecule has 0 bridgehead atoms. The number of hydrogen-bond acceptors (Lipinski definition) is 4. The predicted molar refractivity (Wildman–Crippen MR) is 274 cm³/mol. The first-order chi connectivity index (χ1) is 33.2. The molecule has 0 aliphatic heterocycles. The van der Waals surface area contributed by atoms with Crippen LogP contribution in [-0.2, 0) is 65.9 Å². The zero-order valence-corrected chi connectivity index (χ0v) is 43.0. The molecule has 0 unspecified atom stereocenters. The van der Waals surface area contributed by atoms with Crippen molar-refractivity contribution in [3.05, 3.63) is 265 Å². The maximum absolute atomic E-state index is 4.61. The number of hydrogen-bond donors (Lipinski definition) is 0. The molecule has 10 aromatic rings. The monoisotopic (exact) mass is 1250 g/mol. The summed E-state index contributed by atoms with van der Waals surface area (Å²) < 4.78 is 0. The summed E-state index contributed by atoms with van der Waals surface area (Å²) in [4.78, 5) is 17.6. The van der Waals surface area contributed by atoms with E-state index in [-0.39, 0.29) is 40.2 Å². The van der Waals surface area contributed by atoms with E-state index in [9.17, 15) is 0 Å². The smallest absolute Gasteiger partial charge is 0.0239 e. The van der Waals surface area contributed by atoms with Crippen LogP contribution in [0.3, 0.4) is 0 Å². The molecule has 0 atom stereocenters. The van der Waals surface area contributed by atoms with Crippen molar-refractivity contribution >= 4 is 0 Å². The minimum atomic E-state index is 0. The Morgan fingerprint density at radius 1 is 0.290 bits per heavy atom. The van der Waals surface area contributed by atoms with Gasteiger partial charge in [0.05, 0.1) is 0 Å². The molecule has 0 amide bonds. The molecular weight excluding hydrogens is 1200 g/mol. The van der Waals surface area contributed by atoms with Crippen molar-refractivity contribution in [1.82, 2.24) is 19.9 Å². The van der Waals surface area contributed by atoms with E-state index < -0.39 is 0 Å². The third-order valence-corrected chi connectivity index (χ3v) is 11.9. The van der Waals surface area contributed by atoms with Crippen molar-refractivity contribution in [2.75, 3.05) is 0 Å². The minimum Gasteiger partial charge on any atom is -0.305 e. The molecule has 0 saturated heterocycles. The van der Waals surface area contributed by atoms with Crippen LogP contribution >= 0.6 is 0 Å². The molecule has 6 aromatic carbocycles. The molecule has 2 radical (unpaired) electrons. The molecule has 2 aliphatic carbocycles. The second-order valence-electron chi connectivity index (χ2n) is 16.4. The fraction of sp³-hybridized carbons (Fsp3) is 0.111. The van der Waals surface area contributed by atoms with Crippen molar-refractivity contribution in [2.45, 2.75) is 44.9 Å². The first-order valence-corrected chi connectivity index (χ1v) is 23.1. The Hall–Kier alpha value is -6.78. The molecular formula is C63H50Ir2N4-4. The summed E-state index contributed by atoms with van der Waals surface area (Å²) in [5, 5.41) is 0. The Labute approximate surface area is 434 Å². The number of benzene rings is 6. The maximum Gasteiger partial charge on any atom is 0.0239 e. The molecule has 2 aliphatic rings. The van der Waals surface area contributed by atoms with Crippen molar-refractivity contribution in [3.8, 4) is 67.3 Å². The molecule has 6 heteroatoms. The minimum absolute atomic E-state index is 0. The average Bonchev–Trinajstić information content (AvgIpc) is 3.91. The van der Waals surface area contributed by atoms with E-state index in [1.807, 2.05) is 146 Å². The third-order valence-electron chi connectivity index (χ3n) is 11.9. The summed E-state index contributed by atoms with van der Waals surface area (Å²) in [5.74, 6) is 0. The van der Waals surface area contributed by atoms with E-state index in [1.165, 1.54) is 89.5 Å². The van der Waals surface area contributed by atoms with Gasteiger partial charge in [-0.2, -0.15) is 0 Å². The Bertz CT molecular complexity index is 2900. The summed E-state index contributed by atoms with van der Waals surface area (Å²) in [7, 11) is 0. The van der Waals surface area contributed by atoms with Gasteiger partial charge in [0.25, 0.3) is 0 Å². The zero-order chi connectivity index (χ0) is 45.3. The summed E-state index contributed by atoms with van der Waals surface area (Å²) in [6.07, 6.45) is 16.3. The Morgan fingerprint density at radius 2 is 0.638 bits per heavy atom. The van der Waals surface area contributed by atoms with Crippen LogP contribution in [0.15, 0.2) is 219 Å². The molecule has 0 fully saturated rings. The second kappa shape index (κ2) is 26.1. The molecule has 4 aromatic heterocycles. The van der Waals surface area contributed by atoms with Gasteiger partial charge in [0.15, 0.2) is 0 Å². The molecule has 12 rings (SSSR count). The van der Waals surface area contributed by atoms with E-state index in [2.05, 4.69) is 105 Å². The van der Waals surface area contributed by atoms with E-state index >= 15 is 0 Å². The number of aromatic nitrogens is 4. The molecule has 0 spiro atoms. The van der Waals surface area contributed by atoms with Gasteiger partial charge < -0.3 is 19.9 Å². The van der Waals surface area contributed by atoms with Crippen molar-refractivity contribution in [3.63, 3.8) is 0 Å². The van der Waals surface area contributed by atoms with Gasteiger partial charge in [0, 0.05) is 65.0 Å². The van der Waals surface area contributed by atoms with Crippen LogP contribution in [-0.4, -0.2) is 19.9 Å². The first-order valence-electron chi connectivity index (χ1n) is 23.1. The van der Waals surface area contributed by atoms with Gasteiger partial charge in [-0.05, 0) is 124 Å². The van der Waals surface area contributed by atoms with Crippen molar-refractivity contribution < 1.29 is 40.2 Å². The molecule has 69 heavy (non-hydrogen) atoms. The van der Waals surface area contributed by atoms with Gasteiger partial charge in [0.1, 0.15) is 0 Å². The summed E-state index contributed by atoms with van der Waals surface area (Å²) in [6, 6.07) is 78.2. The molecule has 344 valence electrons. The van der Waals surface area contributed by atoms with Crippen LogP contribution < -0.4 is 0 Å². The van der Waals surface area contributed by atoms with Gasteiger partial charge in [0.2, 0.25) is 0 Å². The number of aryl methyl sites for hydroxylation is 4. The predicted octanol–water partition coefficient (Wildman–Crippen LogP) is 14.9. The van der Waals surface area contributed by atoms with Gasteiger partial charge in [-0.3, -0.25) is 0 Å².